The number of carbonyl (C=O) groups is 3. The Kier molecular flexibility index (Phi) is 8.91. The Morgan fingerprint density at radius 1 is 1.00 bits per heavy atom. The lowest BCUT2D eigenvalue weighted by Gasteiger charge is -2.35. The quantitative estimate of drug-likeness (QED) is 0.531. The number of hydrogen-bond acceptors (Lipinski definition) is 9. The lowest BCUT2D eigenvalue weighted by Crippen LogP contribution is -2.51. The molecule has 2 aliphatic heterocycles. The van der Waals surface area contributed by atoms with Crippen LogP contribution in [-0.4, -0.2) is 95.4 Å². The predicted octanol–water partition coefficient (Wildman–Crippen LogP) is 2.52. The molecule has 1 aliphatic carbocycles. The Balaban J connectivity index is 1.06. The zero-order chi connectivity index (χ0) is 29.9. The van der Waals surface area contributed by atoms with E-state index in [1.54, 1.807) is 11.1 Å². The van der Waals surface area contributed by atoms with Crippen molar-refractivity contribution in [2.24, 2.45) is 0 Å². The van der Waals surface area contributed by atoms with Crippen LogP contribution in [0.5, 0.6) is 0 Å². The van der Waals surface area contributed by atoms with E-state index in [4.69, 9.17) is 9.72 Å². The molecular formula is C30H42N8O4. The third-order valence-electron chi connectivity index (χ3n) is 8.10. The molecule has 0 spiro atoms. The van der Waals surface area contributed by atoms with Crippen molar-refractivity contribution < 1.29 is 19.1 Å². The second-order valence-electron chi connectivity index (χ2n) is 12.5. The smallest absolute Gasteiger partial charge is 0.407 e. The van der Waals surface area contributed by atoms with E-state index >= 15 is 0 Å². The standard InChI is InChI=1S/C30H42N8O4/c1-30(2,3)42-29(41)33-23-9-7-22(8-10-23)32-26(39)19-37-13-15-38(16-14-37)28-34-24(18-31-35-28)20-5-11-25-21(17-20)6-12-27(40)36(25)4/h5,11,17-18,22-23H,6-10,12-16,19H2,1-4H3,(H,32,39)(H,33,41). The summed E-state index contributed by atoms with van der Waals surface area (Å²) in [6, 6.07) is 6.24. The summed E-state index contributed by atoms with van der Waals surface area (Å²) in [5, 5.41) is 14.6. The number of carbonyl (C=O) groups excluding carboxylic acids is 3. The molecule has 3 heterocycles. The third kappa shape index (κ3) is 7.53. The molecule has 1 saturated heterocycles. The number of fused-ring (bicyclic) bond motifs is 1. The van der Waals surface area contributed by atoms with E-state index in [0.29, 0.717) is 32.0 Å². The average Bonchev–Trinajstić information content (AvgIpc) is 2.95. The molecule has 12 nitrogen and oxygen atoms in total. The van der Waals surface area contributed by atoms with Crippen LogP contribution in [0.25, 0.3) is 11.3 Å². The van der Waals surface area contributed by atoms with E-state index in [-0.39, 0.29) is 30.0 Å². The first-order valence-corrected chi connectivity index (χ1v) is 14.9. The normalized spacial score (nSPS) is 21.5. The molecule has 2 fully saturated rings. The lowest BCUT2D eigenvalue weighted by molar-refractivity contribution is -0.123. The first kappa shape index (κ1) is 29.7. The van der Waals surface area contributed by atoms with Gasteiger partial charge >= 0.3 is 6.09 Å². The second-order valence-corrected chi connectivity index (χ2v) is 12.5. The van der Waals surface area contributed by atoms with Gasteiger partial charge in [0, 0.05) is 63.0 Å². The molecule has 3 amide bonds. The largest absolute Gasteiger partial charge is 0.444 e. The monoisotopic (exact) mass is 578 g/mol. The van der Waals surface area contributed by atoms with Crippen LogP contribution in [0.2, 0.25) is 0 Å². The maximum Gasteiger partial charge on any atom is 0.407 e. The molecule has 0 atom stereocenters. The summed E-state index contributed by atoms with van der Waals surface area (Å²) < 4.78 is 5.35. The minimum Gasteiger partial charge on any atom is -0.444 e. The van der Waals surface area contributed by atoms with Crippen molar-refractivity contribution >= 4 is 29.5 Å². The number of benzene rings is 1. The summed E-state index contributed by atoms with van der Waals surface area (Å²) >= 11 is 0. The number of hydrogen-bond donors (Lipinski definition) is 2. The molecule has 1 aromatic carbocycles. The van der Waals surface area contributed by atoms with Crippen molar-refractivity contribution in [1.82, 2.24) is 30.7 Å². The van der Waals surface area contributed by atoms with Gasteiger partial charge in [-0.2, -0.15) is 5.10 Å². The van der Waals surface area contributed by atoms with Crippen molar-refractivity contribution in [3.63, 3.8) is 0 Å². The number of alkyl carbamates (subject to hydrolysis) is 1. The minimum absolute atomic E-state index is 0.0340. The molecule has 2 N–H and O–H groups in total. The lowest BCUT2D eigenvalue weighted by atomic mass is 9.91. The SMILES string of the molecule is CN1C(=O)CCc2cc(-c3cnnc(N4CCN(CC(=O)NC5CCC(NC(=O)OC(C)(C)C)CC5)CC4)n3)ccc21. The molecule has 2 aromatic rings. The van der Waals surface area contributed by atoms with Crippen molar-refractivity contribution in [2.45, 2.75) is 77.0 Å². The van der Waals surface area contributed by atoms with Crippen LogP contribution >= 0.6 is 0 Å². The van der Waals surface area contributed by atoms with Crippen molar-refractivity contribution in [3.05, 3.63) is 30.0 Å². The Labute approximate surface area is 247 Å². The van der Waals surface area contributed by atoms with Crippen LogP contribution in [0.4, 0.5) is 16.4 Å². The first-order valence-electron chi connectivity index (χ1n) is 14.9. The number of amides is 3. The van der Waals surface area contributed by atoms with E-state index in [1.807, 2.05) is 40.0 Å². The molecular weight excluding hydrogens is 536 g/mol. The van der Waals surface area contributed by atoms with Gasteiger partial charge in [0.25, 0.3) is 0 Å². The van der Waals surface area contributed by atoms with E-state index in [2.05, 4.69) is 36.7 Å². The highest BCUT2D eigenvalue weighted by molar-refractivity contribution is 5.96. The number of anilines is 2. The average molecular weight is 579 g/mol. The van der Waals surface area contributed by atoms with Crippen LogP contribution in [-0.2, 0) is 20.7 Å². The molecule has 226 valence electrons. The molecule has 0 unspecified atom stereocenters. The van der Waals surface area contributed by atoms with Crippen molar-refractivity contribution in [1.29, 1.82) is 0 Å². The van der Waals surface area contributed by atoms with Gasteiger partial charge in [-0.3, -0.25) is 14.5 Å². The Hall–Kier alpha value is -3.80. The van der Waals surface area contributed by atoms with Gasteiger partial charge in [0.05, 0.1) is 18.4 Å². The summed E-state index contributed by atoms with van der Waals surface area (Å²) in [6.07, 6.45) is 5.82. The molecule has 0 bridgehead atoms. The van der Waals surface area contributed by atoms with Gasteiger partial charge in [-0.15, -0.1) is 5.10 Å². The van der Waals surface area contributed by atoms with Gasteiger partial charge in [0.15, 0.2) is 0 Å². The summed E-state index contributed by atoms with van der Waals surface area (Å²) in [6.45, 7) is 8.78. The highest BCUT2D eigenvalue weighted by Crippen LogP contribution is 2.31. The molecule has 42 heavy (non-hydrogen) atoms. The van der Waals surface area contributed by atoms with Gasteiger partial charge < -0.3 is 25.2 Å². The highest BCUT2D eigenvalue weighted by atomic mass is 16.6. The van der Waals surface area contributed by atoms with E-state index in [1.165, 1.54) is 0 Å². The Bertz CT molecular complexity index is 1300. The van der Waals surface area contributed by atoms with Crippen LogP contribution < -0.4 is 20.4 Å². The molecule has 12 heteroatoms. The van der Waals surface area contributed by atoms with Gasteiger partial charge in [-0.05, 0) is 70.6 Å². The van der Waals surface area contributed by atoms with Crippen LogP contribution in [0.3, 0.4) is 0 Å². The van der Waals surface area contributed by atoms with Crippen LogP contribution in [0.15, 0.2) is 24.4 Å². The van der Waals surface area contributed by atoms with Gasteiger partial charge in [-0.25, -0.2) is 9.78 Å². The predicted molar refractivity (Wildman–Crippen MR) is 159 cm³/mol. The third-order valence-corrected chi connectivity index (χ3v) is 8.10. The maximum absolute atomic E-state index is 12.8. The zero-order valence-electron chi connectivity index (χ0n) is 25.1. The number of nitrogens with zero attached hydrogens (tertiary/aromatic N) is 6. The molecule has 1 saturated carbocycles. The number of aromatic nitrogens is 3. The highest BCUT2D eigenvalue weighted by Gasteiger charge is 2.27. The summed E-state index contributed by atoms with van der Waals surface area (Å²) in [5.41, 5.74) is 3.27. The van der Waals surface area contributed by atoms with Gasteiger partial charge in [-0.1, -0.05) is 6.07 Å². The van der Waals surface area contributed by atoms with Crippen molar-refractivity contribution in [2.75, 3.05) is 49.6 Å². The van der Waals surface area contributed by atoms with Gasteiger partial charge in [0.2, 0.25) is 17.8 Å². The number of piperazine rings is 1. The van der Waals surface area contributed by atoms with E-state index < -0.39 is 5.60 Å². The molecule has 1 aromatic heterocycles. The topological polar surface area (TPSA) is 133 Å². The van der Waals surface area contributed by atoms with Crippen molar-refractivity contribution in [3.8, 4) is 11.3 Å². The van der Waals surface area contributed by atoms with E-state index in [0.717, 1.165) is 67.7 Å². The second kappa shape index (κ2) is 12.6. The number of ether oxygens (including phenoxy) is 1. The first-order chi connectivity index (χ1) is 20.0. The van der Waals surface area contributed by atoms with E-state index in [9.17, 15) is 14.4 Å². The van der Waals surface area contributed by atoms with Crippen LogP contribution in [0.1, 0.15) is 58.4 Å². The molecule has 0 radical (unpaired) electrons. The molecule has 5 rings (SSSR count). The fourth-order valence-electron chi connectivity index (χ4n) is 5.82. The fourth-order valence-corrected chi connectivity index (χ4v) is 5.82. The maximum atomic E-state index is 12.8. The van der Waals surface area contributed by atoms with Crippen LogP contribution in [0, 0.1) is 0 Å². The zero-order valence-corrected chi connectivity index (χ0v) is 25.1. The number of rotatable bonds is 6. The summed E-state index contributed by atoms with van der Waals surface area (Å²) in [7, 11) is 1.81. The molecule has 3 aliphatic rings. The number of aryl methyl sites for hydroxylation is 1. The summed E-state index contributed by atoms with van der Waals surface area (Å²) in [4.78, 5) is 47.6. The fraction of sp³-hybridized carbons (Fsp3) is 0.600. The summed E-state index contributed by atoms with van der Waals surface area (Å²) in [5.74, 6) is 0.750. The minimum atomic E-state index is -0.515. The number of nitrogens with one attached hydrogen (secondary N) is 2. The Morgan fingerprint density at radius 2 is 1.69 bits per heavy atom. The Morgan fingerprint density at radius 3 is 2.38 bits per heavy atom. The van der Waals surface area contributed by atoms with Gasteiger partial charge in [0.1, 0.15) is 5.60 Å².